The Labute approximate surface area is 225 Å². The van der Waals surface area contributed by atoms with E-state index in [0.717, 1.165) is 16.1 Å². The molecule has 0 aliphatic rings. The van der Waals surface area contributed by atoms with Gasteiger partial charge in [0.2, 0.25) is 10.0 Å². The molecule has 0 saturated heterocycles. The average Bonchev–Trinajstić information content (AvgIpc) is 2.85. The van der Waals surface area contributed by atoms with Crippen LogP contribution in [-0.2, 0) is 19.6 Å². The molecule has 194 valence electrons. The molecule has 0 saturated carbocycles. The zero-order valence-electron chi connectivity index (χ0n) is 19.9. The summed E-state index contributed by atoms with van der Waals surface area (Å²) in [7, 11) is -3.83. The van der Waals surface area contributed by atoms with Gasteiger partial charge in [-0.3, -0.25) is 13.9 Å². The van der Waals surface area contributed by atoms with Crippen LogP contribution in [-0.4, -0.2) is 45.9 Å². The Bertz CT molecular complexity index is 1400. The number of hydrogen-bond acceptors (Lipinski definition) is 6. The van der Waals surface area contributed by atoms with Crippen molar-refractivity contribution in [3.8, 4) is 5.75 Å². The number of nitrogens with zero attached hydrogens (tertiary/aromatic N) is 2. The number of hydrogen-bond donors (Lipinski definition) is 2. The molecule has 2 amide bonds. The highest BCUT2D eigenvalue weighted by molar-refractivity contribution is 7.92. The summed E-state index contributed by atoms with van der Waals surface area (Å²) < 4.78 is 30.8. The molecule has 12 heteroatoms. The van der Waals surface area contributed by atoms with Crippen LogP contribution in [0.3, 0.4) is 0 Å². The van der Waals surface area contributed by atoms with E-state index in [9.17, 15) is 18.0 Å². The number of amides is 2. The van der Waals surface area contributed by atoms with Crippen LogP contribution in [0.15, 0.2) is 71.8 Å². The molecule has 0 atom stereocenters. The number of halogens is 2. The molecule has 0 radical (unpaired) electrons. The summed E-state index contributed by atoms with van der Waals surface area (Å²) in [6.45, 7) is 1.25. The van der Waals surface area contributed by atoms with Crippen molar-refractivity contribution in [2.24, 2.45) is 5.10 Å². The molecule has 0 fully saturated rings. The highest BCUT2D eigenvalue weighted by Gasteiger charge is 2.23. The number of hydrazone groups is 1. The van der Waals surface area contributed by atoms with Crippen molar-refractivity contribution < 1.29 is 22.7 Å². The number of carbonyl (C=O) groups is 2. The van der Waals surface area contributed by atoms with E-state index in [2.05, 4.69) is 15.8 Å². The van der Waals surface area contributed by atoms with Crippen molar-refractivity contribution in [3.05, 3.63) is 87.9 Å². The monoisotopic (exact) mass is 562 g/mol. The lowest BCUT2D eigenvalue weighted by Gasteiger charge is -2.22. The Morgan fingerprint density at radius 3 is 2.32 bits per heavy atom. The SMILES string of the molecule is Cc1ccc(NC(=O)COc2ccc(/C=N\NC(=O)CN(c3cccc(Cl)c3Cl)S(C)(=O)=O)cc2)cc1. The minimum Gasteiger partial charge on any atom is -0.484 e. The van der Waals surface area contributed by atoms with E-state index >= 15 is 0 Å². The van der Waals surface area contributed by atoms with Crippen LogP contribution in [0.1, 0.15) is 11.1 Å². The molecule has 0 aliphatic carbocycles. The number of benzene rings is 3. The molecular formula is C25H24Cl2N4O5S. The Morgan fingerprint density at radius 1 is 1.00 bits per heavy atom. The number of rotatable bonds is 10. The highest BCUT2D eigenvalue weighted by Crippen LogP contribution is 2.33. The minimum atomic E-state index is -3.83. The van der Waals surface area contributed by atoms with Crippen molar-refractivity contribution in [1.29, 1.82) is 0 Å². The van der Waals surface area contributed by atoms with Gasteiger partial charge in [0, 0.05) is 5.69 Å². The van der Waals surface area contributed by atoms with Crippen LogP contribution in [0, 0.1) is 6.92 Å². The van der Waals surface area contributed by atoms with Gasteiger partial charge in [-0.15, -0.1) is 0 Å². The molecule has 0 aliphatic heterocycles. The molecule has 0 bridgehead atoms. The van der Waals surface area contributed by atoms with Gasteiger partial charge in [0.15, 0.2) is 6.61 Å². The van der Waals surface area contributed by atoms with Crippen molar-refractivity contribution in [1.82, 2.24) is 5.43 Å². The Morgan fingerprint density at radius 2 is 1.68 bits per heavy atom. The summed E-state index contributed by atoms with van der Waals surface area (Å²) >= 11 is 12.1. The van der Waals surface area contributed by atoms with Gasteiger partial charge in [-0.25, -0.2) is 13.8 Å². The maximum absolute atomic E-state index is 12.3. The second kappa shape index (κ2) is 12.6. The fourth-order valence-electron chi connectivity index (χ4n) is 3.04. The number of carbonyl (C=O) groups excluding carboxylic acids is 2. The summed E-state index contributed by atoms with van der Waals surface area (Å²) in [5, 5.41) is 6.78. The number of nitrogens with one attached hydrogen (secondary N) is 2. The minimum absolute atomic E-state index is 0.0147. The lowest BCUT2D eigenvalue weighted by atomic mass is 10.2. The Hall–Kier alpha value is -3.60. The van der Waals surface area contributed by atoms with Gasteiger partial charge >= 0.3 is 0 Å². The lowest BCUT2D eigenvalue weighted by Crippen LogP contribution is -2.39. The van der Waals surface area contributed by atoms with Crippen molar-refractivity contribution in [2.75, 3.05) is 29.0 Å². The predicted molar refractivity (Wildman–Crippen MR) is 146 cm³/mol. The molecule has 3 rings (SSSR count). The molecule has 0 heterocycles. The van der Waals surface area contributed by atoms with E-state index in [1.807, 2.05) is 31.2 Å². The van der Waals surface area contributed by atoms with E-state index in [1.54, 1.807) is 24.3 Å². The van der Waals surface area contributed by atoms with Crippen LogP contribution in [0.5, 0.6) is 5.75 Å². The first-order valence-electron chi connectivity index (χ1n) is 10.9. The third-order valence-corrected chi connectivity index (χ3v) is 6.81. The van der Waals surface area contributed by atoms with Crippen LogP contribution < -0.4 is 19.8 Å². The zero-order valence-corrected chi connectivity index (χ0v) is 22.3. The third-order valence-electron chi connectivity index (χ3n) is 4.88. The molecule has 3 aromatic carbocycles. The van der Waals surface area contributed by atoms with Crippen LogP contribution in [0.4, 0.5) is 11.4 Å². The summed E-state index contributed by atoms with van der Waals surface area (Å²) in [4.78, 5) is 24.4. The van der Waals surface area contributed by atoms with E-state index in [-0.39, 0.29) is 28.2 Å². The van der Waals surface area contributed by atoms with Crippen molar-refractivity contribution in [3.63, 3.8) is 0 Å². The molecule has 9 nitrogen and oxygen atoms in total. The molecule has 0 spiro atoms. The largest absolute Gasteiger partial charge is 0.484 e. The van der Waals surface area contributed by atoms with Crippen LogP contribution in [0.25, 0.3) is 0 Å². The molecule has 2 N–H and O–H groups in total. The Kier molecular flexibility index (Phi) is 9.51. The molecule has 0 unspecified atom stereocenters. The summed E-state index contributed by atoms with van der Waals surface area (Å²) in [6.07, 6.45) is 2.33. The second-order valence-corrected chi connectivity index (χ2v) is 10.6. The number of ether oxygens (including phenoxy) is 1. The van der Waals surface area contributed by atoms with Gasteiger partial charge in [0.05, 0.1) is 28.2 Å². The van der Waals surface area contributed by atoms with E-state index in [4.69, 9.17) is 27.9 Å². The normalized spacial score (nSPS) is 11.2. The van der Waals surface area contributed by atoms with Gasteiger partial charge in [-0.1, -0.05) is 47.0 Å². The van der Waals surface area contributed by atoms with Crippen LogP contribution >= 0.6 is 23.2 Å². The maximum Gasteiger partial charge on any atom is 0.262 e. The molecule has 0 aromatic heterocycles. The second-order valence-electron chi connectivity index (χ2n) is 7.91. The molecule has 37 heavy (non-hydrogen) atoms. The fourth-order valence-corrected chi connectivity index (χ4v) is 4.35. The number of anilines is 2. The number of sulfonamides is 1. The molecule has 3 aromatic rings. The average molecular weight is 563 g/mol. The van der Waals surface area contributed by atoms with Crippen molar-refractivity contribution in [2.45, 2.75) is 6.92 Å². The van der Waals surface area contributed by atoms with Crippen LogP contribution in [0.2, 0.25) is 10.0 Å². The summed E-state index contributed by atoms with van der Waals surface area (Å²) in [5.74, 6) is -0.501. The standard InChI is InChI=1S/C25H24Cl2N4O5S/c1-17-6-10-19(11-7-17)29-24(33)16-36-20-12-8-18(9-13-20)14-28-30-23(32)15-31(37(2,34)35)22-5-3-4-21(26)25(22)27/h3-14H,15-16H2,1-2H3,(H,29,33)(H,30,32)/b28-14-. The fraction of sp³-hybridized carbons (Fsp3) is 0.160. The third kappa shape index (κ3) is 8.49. The predicted octanol–water partition coefficient (Wildman–Crippen LogP) is 4.24. The van der Waals surface area contributed by atoms with E-state index in [1.165, 1.54) is 24.4 Å². The first-order chi connectivity index (χ1) is 17.5. The van der Waals surface area contributed by atoms with E-state index in [0.29, 0.717) is 17.0 Å². The van der Waals surface area contributed by atoms with Gasteiger partial charge in [-0.05, 0) is 61.0 Å². The first kappa shape index (κ1) is 28.0. The first-order valence-corrected chi connectivity index (χ1v) is 13.5. The molecular weight excluding hydrogens is 539 g/mol. The van der Waals surface area contributed by atoms with Gasteiger partial charge < -0.3 is 10.1 Å². The summed E-state index contributed by atoms with van der Waals surface area (Å²) in [6, 6.07) is 18.6. The topological polar surface area (TPSA) is 117 Å². The quantitative estimate of drug-likeness (QED) is 0.283. The lowest BCUT2D eigenvalue weighted by molar-refractivity contribution is -0.119. The smallest absolute Gasteiger partial charge is 0.262 e. The van der Waals surface area contributed by atoms with Gasteiger partial charge in [-0.2, -0.15) is 5.10 Å². The number of aryl methyl sites for hydroxylation is 1. The van der Waals surface area contributed by atoms with E-state index < -0.39 is 22.5 Å². The summed E-state index contributed by atoms with van der Waals surface area (Å²) in [5.41, 5.74) is 4.78. The maximum atomic E-state index is 12.3. The Balaban J connectivity index is 1.51. The van der Waals surface area contributed by atoms with Gasteiger partial charge in [0.25, 0.3) is 11.8 Å². The highest BCUT2D eigenvalue weighted by atomic mass is 35.5. The van der Waals surface area contributed by atoms with Gasteiger partial charge in [0.1, 0.15) is 12.3 Å². The zero-order chi connectivity index (χ0) is 27.0. The van der Waals surface area contributed by atoms with Crippen molar-refractivity contribution >= 4 is 62.6 Å².